The Morgan fingerprint density at radius 3 is 2.25 bits per heavy atom. The van der Waals surface area contributed by atoms with Gasteiger partial charge in [-0.2, -0.15) is 0 Å². The van der Waals surface area contributed by atoms with E-state index in [1.165, 1.54) is 39.2 Å². The van der Waals surface area contributed by atoms with Gasteiger partial charge in [-0.3, -0.25) is 9.59 Å². The van der Waals surface area contributed by atoms with E-state index in [1.807, 2.05) is 0 Å². The molecule has 0 saturated carbocycles. The highest BCUT2D eigenvalue weighted by atomic mass is 32.2. The first-order valence-corrected chi connectivity index (χ1v) is 9.87. The molecular formula is C19H23N3O5S. The highest BCUT2D eigenvalue weighted by molar-refractivity contribution is 7.89. The Hall–Kier alpha value is -2.91. The van der Waals surface area contributed by atoms with Crippen molar-refractivity contribution in [1.29, 1.82) is 0 Å². The van der Waals surface area contributed by atoms with Gasteiger partial charge >= 0.3 is 0 Å². The lowest BCUT2D eigenvalue weighted by Gasteiger charge is -2.14. The first-order chi connectivity index (χ1) is 13.1. The van der Waals surface area contributed by atoms with Gasteiger partial charge in [-0.15, -0.1) is 0 Å². The topological polar surface area (TPSA) is 105 Å². The third kappa shape index (κ3) is 5.54. The smallest absolute Gasteiger partial charge is 0.262 e. The minimum absolute atomic E-state index is 0.154. The number of aryl methyl sites for hydroxylation is 1. The number of sulfonamides is 1. The second-order valence-corrected chi connectivity index (χ2v) is 8.47. The predicted molar refractivity (Wildman–Crippen MR) is 107 cm³/mol. The molecule has 2 aromatic carbocycles. The Kier molecular flexibility index (Phi) is 6.76. The van der Waals surface area contributed by atoms with Crippen LogP contribution in [0.3, 0.4) is 0 Å². The van der Waals surface area contributed by atoms with Gasteiger partial charge in [0.15, 0.2) is 6.61 Å². The van der Waals surface area contributed by atoms with Gasteiger partial charge in [0, 0.05) is 32.4 Å². The number of carbonyl (C=O) groups is 2. The lowest BCUT2D eigenvalue weighted by molar-refractivity contribution is -0.118. The molecule has 0 radical (unpaired) electrons. The number of nitrogens with one attached hydrogen (secondary N) is 2. The van der Waals surface area contributed by atoms with Crippen molar-refractivity contribution < 1.29 is 22.7 Å². The van der Waals surface area contributed by atoms with Crippen molar-refractivity contribution in [2.75, 3.05) is 31.3 Å². The van der Waals surface area contributed by atoms with E-state index >= 15 is 0 Å². The Morgan fingerprint density at radius 2 is 1.68 bits per heavy atom. The Balaban J connectivity index is 2.00. The molecule has 2 amide bonds. The van der Waals surface area contributed by atoms with Crippen LogP contribution in [0, 0.1) is 6.92 Å². The van der Waals surface area contributed by atoms with Gasteiger partial charge in [-0.25, -0.2) is 12.7 Å². The molecule has 0 aromatic heterocycles. The summed E-state index contributed by atoms with van der Waals surface area (Å²) in [6, 6.07) is 11.2. The van der Waals surface area contributed by atoms with Crippen molar-refractivity contribution in [1.82, 2.24) is 4.31 Å². The molecule has 0 saturated heterocycles. The molecule has 0 atom stereocenters. The number of carbonyl (C=O) groups excluding carboxylic acids is 2. The van der Waals surface area contributed by atoms with Crippen LogP contribution >= 0.6 is 0 Å². The van der Waals surface area contributed by atoms with Crippen LogP contribution in [0.15, 0.2) is 47.4 Å². The first-order valence-electron chi connectivity index (χ1n) is 8.43. The van der Waals surface area contributed by atoms with E-state index < -0.39 is 10.0 Å². The van der Waals surface area contributed by atoms with Gasteiger partial charge in [0.25, 0.3) is 5.91 Å². The Bertz CT molecular complexity index is 987. The number of hydrogen-bond acceptors (Lipinski definition) is 5. The number of amides is 2. The highest BCUT2D eigenvalue weighted by Gasteiger charge is 2.18. The standard InChI is InChI=1S/C19H23N3O5S/c1-13-10-17(28(25,26)22(3)4)8-9-18(13)27-12-19(24)21-16-7-5-6-15(11-16)20-14(2)23/h5-11H,12H2,1-4H3,(H,20,23)(H,21,24). The van der Waals surface area contributed by atoms with Gasteiger partial charge in [0.2, 0.25) is 15.9 Å². The molecule has 0 fully saturated rings. The molecule has 0 spiro atoms. The van der Waals surface area contributed by atoms with Crippen molar-refractivity contribution in [3.63, 3.8) is 0 Å². The summed E-state index contributed by atoms with van der Waals surface area (Å²) in [4.78, 5) is 23.4. The van der Waals surface area contributed by atoms with E-state index in [4.69, 9.17) is 4.74 Å². The number of benzene rings is 2. The van der Waals surface area contributed by atoms with E-state index in [0.29, 0.717) is 22.7 Å². The van der Waals surface area contributed by atoms with Gasteiger partial charge < -0.3 is 15.4 Å². The molecular weight excluding hydrogens is 382 g/mol. The molecule has 8 nitrogen and oxygen atoms in total. The van der Waals surface area contributed by atoms with E-state index in [9.17, 15) is 18.0 Å². The van der Waals surface area contributed by atoms with Gasteiger partial charge in [-0.1, -0.05) is 6.07 Å². The van der Waals surface area contributed by atoms with Crippen molar-refractivity contribution in [3.05, 3.63) is 48.0 Å². The number of rotatable bonds is 7. The maximum atomic E-state index is 12.2. The zero-order chi connectivity index (χ0) is 20.9. The van der Waals surface area contributed by atoms with Crippen LogP contribution < -0.4 is 15.4 Å². The number of anilines is 2. The van der Waals surface area contributed by atoms with Crippen molar-refractivity contribution in [2.24, 2.45) is 0 Å². The molecule has 0 aliphatic carbocycles. The maximum absolute atomic E-state index is 12.2. The summed E-state index contributed by atoms with van der Waals surface area (Å²) >= 11 is 0. The molecule has 2 aromatic rings. The van der Waals surface area contributed by atoms with Crippen LogP contribution in [0.1, 0.15) is 12.5 Å². The molecule has 2 rings (SSSR count). The molecule has 0 aliphatic heterocycles. The normalized spacial score (nSPS) is 11.2. The van der Waals surface area contributed by atoms with Crippen molar-refractivity contribution >= 4 is 33.2 Å². The van der Waals surface area contributed by atoms with Crippen LogP contribution in [0.4, 0.5) is 11.4 Å². The zero-order valence-electron chi connectivity index (χ0n) is 16.1. The van der Waals surface area contributed by atoms with E-state index in [1.54, 1.807) is 31.2 Å². The number of nitrogens with zero attached hydrogens (tertiary/aromatic N) is 1. The quantitative estimate of drug-likeness (QED) is 0.735. The summed E-state index contributed by atoms with van der Waals surface area (Å²) in [5.41, 5.74) is 1.69. The van der Waals surface area contributed by atoms with Gasteiger partial charge in [0.1, 0.15) is 5.75 Å². The summed E-state index contributed by atoms with van der Waals surface area (Å²) in [5.74, 6) is -0.175. The largest absolute Gasteiger partial charge is 0.483 e. The minimum atomic E-state index is -3.53. The summed E-state index contributed by atoms with van der Waals surface area (Å²) in [6.45, 7) is 2.86. The highest BCUT2D eigenvalue weighted by Crippen LogP contribution is 2.23. The maximum Gasteiger partial charge on any atom is 0.262 e. The predicted octanol–water partition coefficient (Wildman–Crippen LogP) is 2.22. The molecule has 0 heterocycles. The molecule has 0 unspecified atom stereocenters. The third-order valence-corrected chi connectivity index (χ3v) is 5.56. The fourth-order valence-corrected chi connectivity index (χ4v) is 3.36. The second-order valence-electron chi connectivity index (χ2n) is 6.31. The summed E-state index contributed by atoms with van der Waals surface area (Å²) in [7, 11) is -0.615. The number of ether oxygens (including phenoxy) is 1. The zero-order valence-corrected chi connectivity index (χ0v) is 17.0. The fourth-order valence-electron chi connectivity index (χ4n) is 2.37. The average molecular weight is 405 g/mol. The van der Waals surface area contributed by atoms with Gasteiger partial charge in [-0.05, 0) is 48.9 Å². The van der Waals surface area contributed by atoms with Crippen molar-refractivity contribution in [2.45, 2.75) is 18.7 Å². The van der Waals surface area contributed by atoms with E-state index in [0.717, 1.165) is 4.31 Å². The summed E-state index contributed by atoms with van der Waals surface area (Å²) < 4.78 is 30.9. The molecule has 0 aliphatic rings. The summed E-state index contributed by atoms with van der Waals surface area (Å²) in [6.07, 6.45) is 0. The first kappa shape index (κ1) is 21.4. The average Bonchev–Trinajstić information content (AvgIpc) is 2.60. The summed E-state index contributed by atoms with van der Waals surface area (Å²) in [5, 5.41) is 5.31. The monoisotopic (exact) mass is 405 g/mol. The Morgan fingerprint density at radius 1 is 1.04 bits per heavy atom. The molecule has 2 N–H and O–H groups in total. The van der Waals surface area contributed by atoms with Gasteiger partial charge in [0.05, 0.1) is 4.90 Å². The van der Waals surface area contributed by atoms with E-state index in [-0.39, 0.29) is 23.3 Å². The SMILES string of the molecule is CC(=O)Nc1cccc(NC(=O)COc2ccc(S(=O)(=O)N(C)C)cc2C)c1. The molecule has 0 bridgehead atoms. The van der Waals surface area contributed by atoms with Crippen LogP contribution in [0.25, 0.3) is 0 Å². The van der Waals surface area contributed by atoms with Crippen LogP contribution in [-0.2, 0) is 19.6 Å². The van der Waals surface area contributed by atoms with Crippen LogP contribution in [0.5, 0.6) is 5.75 Å². The molecule has 150 valence electrons. The molecule has 28 heavy (non-hydrogen) atoms. The Labute approximate surface area is 164 Å². The van der Waals surface area contributed by atoms with Crippen molar-refractivity contribution in [3.8, 4) is 5.75 Å². The van der Waals surface area contributed by atoms with Crippen LogP contribution in [-0.4, -0.2) is 45.2 Å². The third-order valence-electron chi connectivity index (χ3n) is 3.75. The second kappa shape index (κ2) is 8.85. The fraction of sp³-hybridized carbons (Fsp3) is 0.263. The lowest BCUT2D eigenvalue weighted by Crippen LogP contribution is -2.22. The minimum Gasteiger partial charge on any atom is -0.483 e. The van der Waals surface area contributed by atoms with Crippen LogP contribution in [0.2, 0.25) is 0 Å². The van der Waals surface area contributed by atoms with E-state index in [2.05, 4.69) is 10.6 Å². The number of hydrogen-bond donors (Lipinski definition) is 2. The lowest BCUT2D eigenvalue weighted by atomic mass is 10.2. The molecule has 9 heteroatoms.